The lowest BCUT2D eigenvalue weighted by Gasteiger charge is -2.37. The SMILES string of the molecule is Cc1ccc(OC[C@H]2c3ccsc3CCN2C(=O)CN(C[C@@H]2CCCO2)C(=O)c2ccccc2F)c(C)c1. The van der Waals surface area contributed by atoms with Crippen molar-refractivity contribution in [3.8, 4) is 5.75 Å². The summed E-state index contributed by atoms with van der Waals surface area (Å²) in [5.74, 6) is -0.481. The van der Waals surface area contributed by atoms with Crippen LogP contribution in [0.4, 0.5) is 4.39 Å². The van der Waals surface area contributed by atoms with Crippen molar-refractivity contribution in [1.29, 1.82) is 0 Å². The zero-order valence-corrected chi connectivity index (χ0v) is 22.6. The van der Waals surface area contributed by atoms with Gasteiger partial charge in [-0.3, -0.25) is 9.59 Å². The van der Waals surface area contributed by atoms with Gasteiger partial charge in [-0.15, -0.1) is 11.3 Å². The van der Waals surface area contributed by atoms with Crippen LogP contribution >= 0.6 is 11.3 Å². The predicted molar refractivity (Wildman–Crippen MR) is 145 cm³/mol. The molecule has 0 spiro atoms. The third-order valence-corrected chi connectivity index (χ3v) is 8.30. The Hall–Kier alpha value is -3.23. The number of aryl methyl sites for hydroxylation is 2. The number of rotatable bonds is 8. The maximum atomic E-state index is 14.5. The van der Waals surface area contributed by atoms with Gasteiger partial charge in [0.1, 0.15) is 24.7 Å². The molecule has 5 rings (SSSR count). The summed E-state index contributed by atoms with van der Waals surface area (Å²) < 4.78 is 26.5. The highest BCUT2D eigenvalue weighted by Crippen LogP contribution is 2.34. The molecule has 0 saturated carbocycles. The van der Waals surface area contributed by atoms with Crippen LogP contribution in [0.15, 0.2) is 53.9 Å². The Balaban J connectivity index is 1.37. The molecule has 3 heterocycles. The van der Waals surface area contributed by atoms with Gasteiger partial charge in [-0.25, -0.2) is 4.39 Å². The van der Waals surface area contributed by atoms with E-state index in [2.05, 4.69) is 12.1 Å². The summed E-state index contributed by atoms with van der Waals surface area (Å²) in [7, 11) is 0. The molecule has 0 radical (unpaired) electrons. The van der Waals surface area contributed by atoms with Crippen molar-refractivity contribution in [2.75, 3.05) is 32.8 Å². The lowest BCUT2D eigenvalue weighted by Crippen LogP contribution is -2.49. The van der Waals surface area contributed by atoms with E-state index in [1.807, 2.05) is 36.3 Å². The molecule has 0 unspecified atom stereocenters. The number of halogens is 1. The van der Waals surface area contributed by atoms with Crippen molar-refractivity contribution in [3.63, 3.8) is 0 Å². The molecule has 200 valence electrons. The number of carbonyl (C=O) groups is 2. The molecule has 38 heavy (non-hydrogen) atoms. The first-order valence-electron chi connectivity index (χ1n) is 13.1. The number of benzene rings is 2. The average molecular weight is 537 g/mol. The van der Waals surface area contributed by atoms with Gasteiger partial charge in [0.2, 0.25) is 5.91 Å². The standard InChI is InChI=1S/C30H33FN2O4S/c1-20-9-10-27(21(2)16-20)37-19-26-24-12-15-38-28(24)11-13-33(26)29(34)18-32(17-22-6-5-14-36-22)30(35)23-7-3-4-8-25(23)31/h3-4,7-10,12,15-16,22,26H,5-6,11,13-14,17-19H2,1-2H3/t22-,26-/m0/s1. The zero-order valence-electron chi connectivity index (χ0n) is 21.8. The molecule has 0 bridgehead atoms. The number of hydrogen-bond acceptors (Lipinski definition) is 5. The molecular weight excluding hydrogens is 503 g/mol. The van der Waals surface area contributed by atoms with Gasteiger partial charge >= 0.3 is 0 Å². The highest BCUT2D eigenvalue weighted by molar-refractivity contribution is 7.10. The van der Waals surface area contributed by atoms with Crippen molar-refractivity contribution < 1.29 is 23.5 Å². The smallest absolute Gasteiger partial charge is 0.257 e. The maximum absolute atomic E-state index is 14.5. The number of carbonyl (C=O) groups excluding carboxylic acids is 2. The Bertz CT molecular complexity index is 1300. The van der Waals surface area contributed by atoms with Gasteiger partial charge in [0.15, 0.2) is 0 Å². The van der Waals surface area contributed by atoms with Crippen molar-refractivity contribution >= 4 is 23.2 Å². The summed E-state index contributed by atoms with van der Waals surface area (Å²) >= 11 is 1.69. The first-order chi connectivity index (χ1) is 18.4. The molecule has 0 aliphatic carbocycles. The highest BCUT2D eigenvalue weighted by Gasteiger charge is 2.35. The Labute approximate surface area is 227 Å². The van der Waals surface area contributed by atoms with Crippen molar-refractivity contribution in [1.82, 2.24) is 9.80 Å². The van der Waals surface area contributed by atoms with Gasteiger partial charge in [0.25, 0.3) is 5.91 Å². The lowest BCUT2D eigenvalue weighted by molar-refractivity contribution is -0.135. The van der Waals surface area contributed by atoms with Crippen molar-refractivity contribution in [2.24, 2.45) is 0 Å². The summed E-state index contributed by atoms with van der Waals surface area (Å²) in [6, 6.07) is 13.7. The largest absolute Gasteiger partial charge is 0.491 e. The molecule has 2 aromatic carbocycles. The summed E-state index contributed by atoms with van der Waals surface area (Å²) in [4.78, 5) is 31.7. The van der Waals surface area contributed by atoms with Crippen LogP contribution in [-0.4, -0.2) is 60.6 Å². The molecule has 1 fully saturated rings. The van der Waals surface area contributed by atoms with Crippen LogP contribution in [0.3, 0.4) is 0 Å². The fourth-order valence-electron chi connectivity index (χ4n) is 5.32. The molecule has 2 amide bonds. The molecule has 3 aromatic rings. The van der Waals surface area contributed by atoms with Crippen LogP contribution in [-0.2, 0) is 16.0 Å². The van der Waals surface area contributed by atoms with Crippen LogP contribution in [0.5, 0.6) is 5.75 Å². The minimum atomic E-state index is -0.595. The number of nitrogens with zero attached hydrogens (tertiary/aromatic N) is 2. The minimum Gasteiger partial charge on any atom is -0.491 e. The molecule has 0 N–H and O–H groups in total. The van der Waals surface area contributed by atoms with E-state index in [0.29, 0.717) is 19.8 Å². The molecule has 8 heteroatoms. The van der Waals surface area contributed by atoms with E-state index < -0.39 is 11.7 Å². The van der Waals surface area contributed by atoms with Crippen LogP contribution < -0.4 is 4.74 Å². The second kappa shape index (κ2) is 11.7. The molecule has 6 nitrogen and oxygen atoms in total. The van der Waals surface area contributed by atoms with Crippen LogP contribution in [0.1, 0.15) is 50.8 Å². The Morgan fingerprint density at radius 1 is 1.18 bits per heavy atom. The first kappa shape index (κ1) is 26.4. The quantitative estimate of drug-likeness (QED) is 0.391. The van der Waals surface area contributed by atoms with E-state index in [4.69, 9.17) is 9.47 Å². The average Bonchev–Trinajstić information content (AvgIpc) is 3.60. The van der Waals surface area contributed by atoms with E-state index in [1.165, 1.54) is 21.9 Å². The summed E-state index contributed by atoms with van der Waals surface area (Å²) in [5, 5.41) is 2.05. The predicted octanol–water partition coefficient (Wildman–Crippen LogP) is 5.33. The third kappa shape index (κ3) is 5.76. The Kier molecular flexibility index (Phi) is 8.09. The van der Waals surface area contributed by atoms with Gasteiger partial charge in [-0.05, 0) is 73.9 Å². The van der Waals surface area contributed by atoms with E-state index in [1.54, 1.807) is 23.5 Å². The van der Waals surface area contributed by atoms with Gasteiger partial charge < -0.3 is 19.3 Å². The fraction of sp³-hybridized carbons (Fsp3) is 0.400. The molecule has 2 atom stereocenters. The summed E-state index contributed by atoms with van der Waals surface area (Å²) in [5.41, 5.74) is 3.26. The van der Waals surface area contributed by atoms with E-state index in [0.717, 1.165) is 41.7 Å². The highest BCUT2D eigenvalue weighted by atomic mass is 32.1. The number of thiophene rings is 1. The second-order valence-electron chi connectivity index (χ2n) is 10.0. The molecule has 2 aliphatic heterocycles. The van der Waals surface area contributed by atoms with E-state index >= 15 is 0 Å². The number of amides is 2. The zero-order chi connectivity index (χ0) is 26.6. The monoisotopic (exact) mass is 536 g/mol. The topological polar surface area (TPSA) is 59.1 Å². The maximum Gasteiger partial charge on any atom is 0.257 e. The van der Waals surface area contributed by atoms with Crippen molar-refractivity contribution in [3.05, 3.63) is 86.9 Å². The fourth-order valence-corrected chi connectivity index (χ4v) is 6.25. The summed E-state index contributed by atoms with van der Waals surface area (Å²) in [6.07, 6.45) is 2.31. The molecular formula is C30H33FN2O4S. The lowest BCUT2D eigenvalue weighted by atomic mass is 10.00. The van der Waals surface area contributed by atoms with Crippen LogP contribution in [0, 0.1) is 19.7 Å². The second-order valence-corrected chi connectivity index (χ2v) is 11.0. The van der Waals surface area contributed by atoms with Gasteiger partial charge in [-0.1, -0.05) is 29.8 Å². The van der Waals surface area contributed by atoms with Crippen LogP contribution in [0.2, 0.25) is 0 Å². The van der Waals surface area contributed by atoms with E-state index in [9.17, 15) is 14.0 Å². The Morgan fingerprint density at radius 3 is 2.79 bits per heavy atom. The van der Waals surface area contributed by atoms with Gasteiger partial charge in [0, 0.05) is 24.6 Å². The molecule has 1 saturated heterocycles. The van der Waals surface area contributed by atoms with Gasteiger partial charge in [0.05, 0.1) is 17.7 Å². The van der Waals surface area contributed by atoms with Gasteiger partial charge in [-0.2, -0.15) is 0 Å². The first-order valence-corrected chi connectivity index (χ1v) is 14.0. The molecule has 2 aliphatic rings. The third-order valence-electron chi connectivity index (χ3n) is 7.31. The number of fused-ring (bicyclic) bond motifs is 1. The van der Waals surface area contributed by atoms with E-state index in [-0.39, 0.29) is 36.7 Å². The minimum absolute atomic E-state index is 0.0354. The van der Waals surface area contributed by atoms with Crippen LogP contribution in [0.25, 0.3) is 0 Å². The van der Waals surface area contributed by atoms with Crippen molar-refractivity contribution in [2.45, 2.75) is 45.3 Å². The normalized spacial score (nSPS) is 18.8. The summed E-state index contributed by atoms with van der Waals surface area (Å²) in [6.45, 7) is 5.64. The number of ether oxygens (including phenoxy) is 2. The Morgan fingerprint density at radius 2 is 2.03 bits per heavy atom. The number of hydrogen-bond donors (Lipinski definition) is 0. The molecule has 1 aromatic heterocycles.